The molecule has 0 aliphatic carbocycles. The topological polar surface area (TPSA) is 116 Å². The Labute approximate surface area is 174 Å². The van der Waals surface area contributed by atoms with Crippen molar-refractivity contribution in [3.63, 3.8) is 0 Å². The Morgan fingerprint density at radius 3 is 2.62 bits per heavy atom. The molecule has 2 aromatic rings. The van der Waals surface area contributed by atoms with Gasteiger partial charge >= 0.3 is 29.6 Å². The molecule has 1 amide bonds. The standard InChI is InChI=1S/C17H12N2O5S.Na/c20-13(21)8-19-16(23)14-15(22)11-4-3-9(6-12(11)25-17(14)24)10-2-1-5-18-7-10;/h1-7,14H,8H2,(H,19,23)(H,20,21);/q;+1/p-1. The number of carboxylic acids is 1. The van der Waals surface area contributed by atoms with E-state index in [0.717, 1.165) is 22.9 Å². The Balaban J connectivity index is 0.00000243. The van der Waals surface area contributed by atoms with Crippen molar-refractivity contribution in [2.75, 3.05) is 6.54 Å². The number of ketones is 1. The quantitative estimate of drug-likeness (QED) is 0.447. The number of carbonyl (C=O) groups is 4. The number of thioether (sulfide) groups is 1. The van der Waals surface area contributed by atoms with Crippen LogP contribution >= 0.6 is 11.8 Å². The summed E-state index contributed by atoms with van der Waals surface area (Å²) in [4.78, 5) is 51.6. The van der Waals surface area contributed by atoms with Crippen molar-refractivity contribution in [1.82, 2.24) is 10.3 Å². The van der Waals surface area contributed by atoms with E-state index in [1.54, 1.807) is 36.7 Å². The molecule has 9 heteroatoms. The number of hydrogen-bond acceptors (Lipinski definition) is 7. The molecule has 3 rings (SSSR count). The molecular formula is C17H11N2NaO5S. The van der Waals surface area contributed by atoms with Crippen molar-refractivity contribution in [2.24, 2.45) is 5.92 Å². The number of amides is 1. The van der Waals surface area contributed by atoms with Crippen LogP contribution in [-0.2, 0) is 14.4 Å². The van der Waals surface area contributed by atoms with Gasteiger partial charge in [0, 0.05) is 28.4 Å². The molecule has 0 saturated carbocycles. The van der Waals surface area contributed by atoms with Gasteiger partial charge in [0.25, 0.3) is 0 Å². The van der Waals surface area contributed by atoms with Crippen LogP contribution in [-0.4, -0.2) is 34.3 Å². The monoisotopic (exact) mass is 378 g/mol. The number of benzene rings is 1. The van der Waals surface area contributed by atoms with Gasteiger partial charge in [0.15, 0.2) is 11.7 Å². The van der Waals surface area contributed by atoms with Crippen LogP contribution in [0.2, 0.25) is 0 Å². The molecule has 2 heterocycles. The number of carboxylic acid groups (broad SMARTS) is 1. The zero-order valence-corrected chi connectivity index (χ0v) is 16.5. The Bertz CT molecular complexity index is 888. The van der Waals surface area contributed by atoms with Gasteiger partial charge in [0.05, 0.1) is 12.5 Å². The van der Waals surface area contributed by atoms with E-state index >= 15 is 0 Å². The number of carbonyl (C=O) groups excluding carboxylic acids is 4. The van der Waals surface area contributed by atoms with Crippen molar-refractivity contribution in [3.8, 4) is 11.1 Å². The number of nitrogens with one attached hydrogen (secondary N) is 1. The molecule has 26 heavy (non-hydrogen) atoms. The summed E-state index contributed by atoms with van der Waals surface area (Å²) in [6, 6.07) is 8.58. The minimum absolute atomic E-state index is 0. The van der Waals surface area contributed by atoms with Crippen LogP contribution in [0.3, 0.4) is 0 Å². The fourth-order valence-electron chi connectivity index (χ4n) is 2.44. The van der Waals surface area contributed by atoms with Crippen molar-refractivity contribution < 1.29 is 53.8 Å². The first kappa shape index (κ1) is 20.3. The second kappa shape index (κ2) is 8.59. The van der Waals surface area contributed by atoms with Gasteiger partial charge in [-0.1, -0.05) is 12.1 Å². The molecule has 1 atom stereocenters. The van der Waals surface area contributed by atoms with E-state index < -0.39 is 35.2 Å². The summed E-state index contributed by atoms with van der Waals surface area (Å²) in [6.07, 6.45) is 3.30. The zero-order valence-electron chi connectivity index (χ0n) is 13.7. The molecule has 1 unspecified atom stereocenters. The molecule has 1 aromatic heterocycles. The summed E-state index contributed by atoms with van der Waals surface area (Å²) in [5.41, 5.74) is 1.88. The van der Waals surface area contributed by atoms with Crippen molar-refractivity contribution >= 4 is 34.5 Å². The third-order valence-electron chi connectivity index (χ3n) is 3.62. The van der Waals surface area contributed by atoms with Crippen LogP contribution in [0.1, 0.15) is 10.4 Å². The Kier molecular flexibility index (Phi) is 6.71. The first-order valence-electron chi connectivity index (χ1n) is 7.25. The largest absolute Gasteiger partial charge is 1.00 e. The molecule has 0 saturated heterocycles. The van der Waals surface area contributed by atoms with Gasteiger partial charge < -0.3 is 15.2 Å². The Morgan fingerprint density at radius 1 is 1.19 bits per heavy atom. The van der Waals surface area contributed by atoms with Crippen LogP contribution in [0.5, 0.6) is 0 Å². The maximum absolute atomic E-state index is 12.5. The van der Waals surface area contributed by atoms with E-state index in [-0.39, 0.29) is 35.1 Å². The number of nitrogens with zero attached hydrogens (tertiary/aromatic N) is 1. The number of rotatable bonds is 4. The summed E-state index contributed by atoms with van der Waals surface area (Å²) < 4.78 is 0. The molecule has 1 N–H and O–H groups in total. The Hall–Kier alpha value is -2.00. The number of fused-ring (bicyclic) bond motifs is 1. The minimum atomic E-state index is -1.55. The molecule has 0 fully saturated rings. The van der Waals surface area contributed by atoms with Crippen molar-refractivity contribution in [1.29, 1.82) is 0 Å². The fourth-order valence-corrected chi connectivity index (χ4v) is 3.45. The smallest absolute Gasteiger partial charge is 0.548 e. The van der Waals surface area contributed by atoms with Gasteiger partial charge in [-0.05, 0) is 35.5 Å². The second-order valence-electron chi connectivity index (χ2n) is 5.26. The normalized spacial score (nSPS) is 15.6. The first-order valence-corrected chi connectivity index (χ1v) is 8.07. The molecule has 1 aliphatic heterocycles. The maximum Gasteiger partial charge on any atom is 1.00 e. The predicted octanol–water partition coefficient (Wildman–Crippen LogP) is -2.95. The first-order chi connectivity index (χ1) is 12.0. The summed E-state index contributed by atoms with van der Waals surface area (Å²) >= 11 is 0.791. The molecule has 1 aromatic carbocycles. The molecule has 126 valence electrons. The van der Waals surface area contributed by atoms with E-state index in [9.17, 15) is 24.3 Å². The van der Waals surface area contributed by atoms with E-state index in [0.29, 0.717) is 4.90 Å². The van der Waals surface area contributed by atoms with Gasteiger partial charge in [0.2, 0.25) is 11.0 Å². The summed E-state index contributed by atoms with van der Waals surface area (Å²) in [5.74, 6) is -4.64. The van der Waals surface area contributed by atoms with Gasteiger partial charge in [0.1, 0.15) is 0 Å². The van der Waals surface area contributed by atoms with Gasteiger partial charge in [-0.15, -0.1) is 0 Å². The second-order valence-corrected chi connectivity index (χ2v) is 6.31. The molecule has 0 spiro atoms. The van der Waals surface area contributed by atoms with Crippen LogP contribution in [0.25, 0.3) is 11.1 Å². The van der Waals surface area contributed by atoms with E-state index in [1.807, 2.05) is 11.4 Å². The summed E-state index contributed by atoms with van der Waals surface area (Å²) in [7, 11) is 0. The number of hydrogen-bond donors (Lipinski definition) is 1. The summed E-state index contributed by atoms with van der Waals surface area (Å²) in [5, 5.41) is 11.8. The predicted molar refractivity (Wildman–Crippen MR) is 86.4 cm³/mol. The molecule has 0 bridgehead atoms. The average molecular weight is 378 g/mol. The van der Waals surface area contributed by atoms with E-state index in [1.165, 1.54) is 0 Å². The number of aromatic nitrogens is 1. The van der Waals surface area contributed by atoms with Gasteiger partial charge in [-0.3, -0.25) is 19.4 Å². The minimum Gasteiger partial charge on any atom is -0.548 e. The van der Waals surface area contributed by atoms with Crippen LogP contribution in [0.15, 0.2) is 47.6 Å². The third kappa shape index (κ3) is 4.21. The van der Waals surface area contributed by atoms with E-state index in [2.05, 4.69) is 4.98 Å². The number of aliphatic carboxylic acids is 1. The van der Waals surface area contributed by atoms with Gasteiger partial charge in [-0.25, -0.2) is 0 Å². The molecule has 1 aliphatic rings. The van der Waals surface area contributed by atoms with E-state index in [4.69, 9.17) is 0 Å². The average Bonchev–Trinajstić information content (AvgIpc) is 2.60. The fraction of sp³-hybridized carbons (Fsp3) is 0.118. The molecule has 7 nitrogen and oxygen atoms in total. The van der Waals surface area contributed by atoms with Gasteiger partial charge in [-0.2, -0.15) is 0 Å². The summed E-state index contributed by atoms with van der Waals surface area (Å²) in [6.45, 7) is -0.757. The van der Waals surface area contributed by atoms with Crippen LogP contribution in [0, 0.1) is 5.92 Å². The maximum atomic E-state index is 12.5. The molecular weight excluding hydrogens is 367 g/mol. The zero-order chi connectivity index (χ0) is 18.0. The van der Waals surface area contributed by atoms with Crippen LogP contribution < -0.4 is 40.0 Å². The number of pyridine rings is 1. The van der Waals surface area contributed by atoms with Crippen molar-refractivity contribution in [2.45, 2.75) is 4.90 Å². The van der Waals surface area contributed by atoms with Crippen molar-refractivity contribution in [3.05, 3.63) is 48.3 Å². The molecule has 0 radical (unpaired) electrons. The van der Waals surface area contributed by atoms with Crippen LogP contribution in [0.4, 0.5) is 0 Å². The number of Topliss-reactive ketones (excluding diaryl/α,β-unsaturated/α-hetero) is 1. The SMILES string of the molecule is O=C([O-])CNC(=O)C1C(=O)Sc2cc(-c3cccnc3)ccc2C1=O.[Na+]. The third-order valence-corrected chi connectivity index (χ3v) is 4.61. The Morgan fingerprint density at radius 2 is 1.96 bits per heavy atom.